The number of pyridine rings is 1. The maximum absolute atomic E-state index is 13.5. The Morgan fingerprint density at radius 3 is 2.71 bits per heavy atom. The molecule has 0 aliphatic heterocycles. The third kappa shape index (κ3) is 1.27. The van der Waals surface area contributed by atoms with Crippen molar-refractivity contribution in [1.82, 2.24) is 4.98 Å². The monoisotopic (exact) mass is 189 g/mol. The van der Waals surface area contributed by atoms with Crippen LogP contribution in [0.4, 0.5) is 4.39 Å². The van der Waals surface area contributed by atoms with Gasteiger partial charge in [0.05, 0.1) is 0 Å². The average molecular weight is 189 g/mol. The first-order valence-corrected chi connectivity index (χ1v) is 4.23. The van der Waals surface area contributed by atoms with Crippen molar-refractivity contribution in [3.05, 3.63) is 41.3 Å². The molecule has 0 N–H and O–H groups in total. The Balaban J connectivity index is 2.84. The molecule has 0 saturated carbocycles. The molecule has 70 valence electrons. The van der Waals surface area contributed by atoms with E-state index in [2.05, 4.69) is 4.98 Å². The molecule has 0 bridgehead atoms. The minimum Gasteiger partial charge on any atom is -0.296 e. The summed E-state index contributed by atoms with van der Waals surface area (Å²) in [5, 5.41) is 0.707. The summed E-state index contributed by atoms with van der Waals surface area (Å²) in [7, 11) is 0. The Kier molecular flexibility index (Phi) is 2.00. The molecular weight excluding hydrogens is 181 g/mol. The lowest BCUT2D eigenvalue weighted by atomic mass is 10.1. The number of fused-ring (bicyclic) bond motifs is 1. The van der Waals surface area contributed by atoms with Gasteiger partial charge in [-0.05, 0) is 18.6 Å². The van der Waals surface area contributed by atoms with Gasteiger partial charge < -0.3 is 0 Å². The van der Waals surface area contributed by atoms with Crippen LogP contribution in [0.2, 0.25) is 0 Å². The summed E-state index contributed by atoms with van der Waals surface area (Å²) < 4.78 is 13.5. The van der Waals surface area contributed by atoms with Gasteiger partial charge in [0.25, 0.3) is 0 Å². The van der Waals surface area contributed by atoms with Crippen LogP contribution >= 0.6 is 0 Å². The van der Waals surface area contributed by atoms with E-state index in [1.54, 1.807) is 31.2 Å². The van der Waals surface area contributed by atoms with E-state index in [1.807, 2.05) is 0 Å². The van der Waals surface area contributed by atoms with E-state index in [0.717, 1.165) is 0 Å². The SMILES string of the molecule is Cc1ccc2ccc(C=O)nc2c1F. The number of rotatable bonds is 1. The van der Waals surface area contributed by atoms with Crippen molar-refractivity contribution in [3.8, 4) is 0 Å². The highest BCUT2D eigenvalue weighted by Gasteiger charge is 2.05. The van der Waals surface area contributed by atoms with Crippen molar-refractivity contribution in [1.29, 1.82) is 0 Å². The molecule has 0 saturated heterocycles. The van der Waals surface area contributed by atoms with E-state index in [9.17, 15) is 9.18 Å². The van der Waals surface area contributed by atoms with Crippen molar-refractivity contribution in [2.75, 3.05) is 0 Å². The molecule has 0 atom stereocenters. The van der Waals surface area contributed by atoms with Crippen LogP contribution in [-0.4, -0.2) is 11.3 Å². The first-order valence-electron chi connectivity index (χ1n) is 4.23. The van der Waals surface area contributed by atoms with Crippen LogP contribution in [0.25, 0.3) is 10.9 Å². The molecule has 0 aliphatic carbocycles. The summed E-state index contributed by atoms with van der Waals surface area (Å²) >= 11 is 0. The first-order chi connectivity index (χ1) is 6.72. The quantitative estimate of drug-likeness (QED) is 0.645. The number of benzene rings is 1. The topological polar surface area (TPSA) is 30.0 Å². The standard InChI is InChI=1S/C11H8FNO/c1-7-2-3-8-4-5-9(6-14)13-11(8)10(7)12/h2-6H,1H3. The molecule has 0 amide bonds. The lowest BCUT2D eigenvalue weighted by Gasteiger charge is -2.01. The van der Waals surface area contributed by atoms with Crippen LogP contribution in [0.1, 0.15) is 16.1 Å². The second-order valence-corrected chi connectivity index (χ2v) is 3.12. The van der Waals surface area contributed by atoms with E-state index >= 15 is 0 Å². The minimum atomic E-state index is -0.355. The van der Waals surface area contributed by atoms with Crippen molar-refractivity contribution >= 4 is 17.2 Å². The molecular formula is C11H8FNO. The van der Waals surface area contributed by atoms with E-state index in [-0.39, 0.29) is 17.0 Å². The summed E-state index contributed by atoms with van der Waals surface area (Å²) in [6.07, 6.45) is 0.612. The van der Waals surface area contributed by atoms with Gasteiger partial charge in [0.1, 0.15) is 11.2 Å². The van der Waals surface area contributed by atoms with Crippen LogP contribution in [-0.2, 0) is 0 Å². The zero-order valence-corrected chi connectivity index (χ0v) is 7.62. The van der Waals surface area contributed by atoms with E-state index in [4.69, 9.17) is 0 Å². The number of aldehydes is 1. The summed E-state index contributed by atoms with van der Waals surface area (Å²) in [4.78, 5) is 14.4. The highest BCUT2D eigenvalue weighted by molar-refractivity contribution is 5.84. The number of carbonyl (C=O) groups is 1. The number of carbonyl (C=O) groups excluding carboxylic acids is 1. The maximum atomic E-state index is 13.5. The van der Waals surface area contributed by atoms with Gasteiger partial charge in [-0.1, -0.05) is 18.2 Å². The predicted octanol–water partition coefficient (Wildman–Crippen LogP) is 2.49. The van der Waals surface area contributed by atoms with Gasteiger partial charge in [0.15, 0.2) is 12.1 Å². The Bertz CT molecular complexity index is 508. The minimum absolute atomic E-state index is 0.252. The highest BCUT2D eigenvalue weighted by Crippen LogP contribution is 2.18. The van der Waals surface area contributed by atoms with E-state index in [1.165, 1.54) is 0 Å². The number of nitrogens with zero attached hydrogens (tertiary/aromatic N) is 1. The smallest absolute Gasteiger partial charge is 0.168 e. The van der Waals surface area contributed by atoms with Gasteiger partial charge >= 0.3 is 0 Å². The lowest BCUT2D eigenvalue weighted by molar-refractivity contribution is 0.111. The Morgan fingerprint density at radius 1 is 1.29 bits per heavy atom. The van der Waals surface area contributed by atoms with Crippen molar-refractivity contribution < 1.29 is 9.18 Å². The summed E-state index contributed by atoms with van der Waals surface area (Å²) in [6.45, 7) is 1.67. The molecule has 2 rings (SSSR count). The van der Waals surface area contributed by atoms with Crippen LogP contribution in [0.3, 0.4) is 0 Å². The van der Waals surface area contributed by atoms with E-state index < -0.39 is 0 Å². The summed E-state index contributed by atoms with van der Waals surface area (Å²) in [5.41, 5.74) is 1.05. The molecule has 0 radical (unpaired) electrons. The van der Waals surface area contributed by atoms with Gasteiger partial charge in [0, 0.05) is 5.39 Å². The van der Waals surface area contributed by atoms with Crippen LogP contribution in [0.5, 0.6) is 0 Å². The molecule has 2 nitrogen and oxygen atoms in total. The second kappa shape index (κ2) is 3.18. The van der Waals surface area contributed by atoms with Gasteiger partial charge in [-0.25, -0.2) is 9.37 Å². The lowest BCUT2D eigenvalue weighted by Crippen LogP contribution is -1.92. The largest absolute Gasteiger partial charge is 0.296 e. The molecule has 0 unspecified atom stereocenters. The zero-order valence-electron chi connectivity index (χ0n) is 7.62. The van der Waals surface area contributed by atoms with Crippen LogP contribution in [0, 0.1) is 12.7 Å². The highest BCUT2D eigenvalue weighted by atomic mass is 19.1. The Labute approximate surface area is 80.4 Å². The normalized spacial score (nSPS) is 10.4. The first kappa shape index (κ1) is 8.81. The fraction of sp³-hybridized carbons (Fsp3) is 0.0909. The molecule has 1 heterocycles. The Hall–Kier alpha value is -1.77. The fourth-order valence-electron chi connectivity index (χ4n) is 1.34. The predicted molar refractivity (Wildman–Crippen MR) is 51.8 cm³/mol. The molecule has 2 aromatic rings. The number of aryl methyl sites for hydroxylation is 1. The van der Waals surface area contributed by atoms with Gasteiger partial charge in [-0.3, -0.25) is 4.79 Å². The third-order valence-corrected chi connectivity index (χ3v) is 2.14. The average Bonchev–Trinajstić information content (AvgIpc) is 2.23. The van der Waals surface area contributed by atoms with Gasteiger partial charge in [0.2, 0.25) is 0 Å². The number of halogens is 1. The summed E-state index contributed by atoms with van der Waals surface area (Å²) in [6, 6.07) is 6.74. The Morgan fingerprint density at radius 2 is 2.00 bits per heavy atom. The molecule has 3 heteroatoms. The number of hydrogen-bond donors (Lipinski definition) is 0. The molecule has 14 heavy (non-hydrogen) atoms. The molecule has 0 aliphatic rings. The van der Waals surface area contributed by atoms with Gasteiger partial charge in [-0.2, -0.15) is 0 Å². The van der Waals surface area contributed by atoms with Crippen molar-refractivity contribution in [3.63, 3.8) is 0 Å². The molecule has 0 fully saturated rings. The molecule has 1 aromatic carbocycles. The van der Waals surface area contributed by atoms with E-state index in [0.29, 0.717) is 17.2 Å². The van der Waals surface area contributed by atoms with Crippen molar-refractivity contribution in [2.45, 2.75) is 6.92 Å². The maximum Gasteiger partial charge on any atom is 0.168 e. The van der Waals surface area contributed by atoms with Crippen LogP contribution < -0.4 is 0 Å². The number of hydrogen-bond acceptors (Lipinski definition) is 2. The second-order valence-electron chi connectivity index (χ2n) is 3.12. The molecule has 0 spiro atoms. The summed E-state index contributed by atoms with van der Waals surface area (Å²) in [5.74, 6) is -0.355. The van der Waals surface area contributed by atoms with Crippen LogP contribution in [0.15, 0.2) is 24.3 Å². The van der Waals surface area contributed by atoms with Gasteiger partial charge in [-0.15, -0.1) is 0 Å². The van der Waals surface area contributed by atoms with Crippen molar-refractivity contribution in [2.24, 2.45) is 0 Å². The number of aromatic nitrogens is 1. The fourth-order valence-corrected chi connectivity index (χ4v) is 1.34. The molecule has 1 aromatic heterocycles. The zero-order chi connectivity index (χ0) is 10.1. The third-order valence-electron chi connectivity index (χ3n) is 2.14.